The van der Waals surface area contributed by atoms with Crippen molar-refractivity contribution in [1.29, 1.82) is 0 Å². The van der Waals surface area contributed by atoms with Crippen molar-refractivity contribution in [3.8, 4) is 0 Å². The minimum atomic E-state index is -0.956. The number of H-pyrrole nitrogens is 1. The Bertz CT molecular complexity index is 337. The van der Waals surface area contributed by atoms with E-state index in [4.69, 9.17) is 5.11 Å². The summed E-state index contributed by atoms with van der Waals surface area (Å²) in [5, 5.41) is 14.1. The van der Waals surface area contributed by atoms with Gasteiger partial charge in [0, 0.05) is 0 Å². The van der Waals surface area contributed by atoms with Gasteiger partial charge in [0.15, 0.2) is 0 Å². The van der Waals surface area contributed by atoms with Crippen LogP contribution in [0.15, 0.2) is 16.0 Å². The van der Waals surface area contributed by atoms with E-state index in [1.165, 1.54) is 6.20 Å². The molecule has 0 aliphatic carbocycles. The molecular formula is C5H5N3O3S. The van der Waals surface area contributed by atoms with Gasteiger partial charge in [-0.25, -0.2) is 9.89 Å². The van der Waals surface area contributed by atoms with Crippen LogP contribution in [-0.2, 0) is 4.79 Å². The molecule has 0 aromatic carbocycles. The van der Waals surface area contributed by atoms with Gasteiger partial charge in [-0.15, -0.1) is 0 Å². The number of carbonyl (C=O) groups is 1. The minimum absolute atomic E-state index is 0.127. The first-order chi connectivity index (χ1) is 5.68. The molecule has 0 saturated carbocycles. The number of rotatable bonds is 3. The van der Waals surface area contributed by atoms with Crippen molar-refractivity contribution >= 4 is 17.7 Å². The number of hydrogen-bond acceptors (Lipinski definition) is 5. The average molecular weight is 187 g/mol. The van der Waals surface area contributed by atoms with E-state index in [0.29, 0.717) is 5.03 Å². The zero-order valence-corrected chi connectivity index (χ0v) is 6.67. The molecule has 6 nitrogen and oxygen atoms in total. The number of carboxylic acid groups (broad SMARTS) is 1. The molecule has 12 heavy (non-hydrogen) atoms. The lowest BCUT2D eigenvalue weighted by molar-refractivity contribution is -0.133. The number of carboxylic acids is 1. The molecule has 1 heterocycles. The van der Waals surface area contributed by atoms with Crippen LogP contribution in [0.3, 0.4) is 0 Å². The van der Waals surface area contributed by atoms with Crippen molar-refractivity contribution in [3.05, 3.63) is 16.7 Å². The van der Waals surface area contributed by atoms with Crippen LogP contribution in [-0.4, -0.2) is 32.0 Å². The largest absolute Gasteiger partial charge is 0.481 e. The highest BCUT2D eigenvalue weighted by molar-refractivity contribution is 7.99. The second kappa shape index (κ2) is 3.86. The van der Waals surface area contributed by atoms with Crippen LogP contribution in [0.1, 0.15) is 0 Å². The third-order valence-corrected chi connectivity index (χ3v) is 1.77. The summed E-state index contributed by atoms with van der Waals surface area (Å²) in [6, 6.07) is 0. The van der Waals surface area contributed by atoms with Gasteiger partial charge in [0.25, 0.3) is 0 Å². The number of hydrogen-bond donors (Lipinski definition) is 2. The predicted octanol–water partition coefficient (Wildman–Crippen LogP) is -0.658. The SMILES string of the molecule is O=C(O)CSc1cn[nH]c(=O)n1. The van der Waals surface area contributed by atoms with Crippen LogP contribution in [0.5, 0.6) is 0 Å². The summed E-state index contributed by atoms with van der Waals surface area (Å²) in [5.41, 5.74) is -0.578. The molecule has 2 N–H and O–H groups in total. The van der Waals surface area contributed by atoms with Gasteiger partial charge in [-0.2, -0.15) is 10.1 Å². The van der Waals surface area contributed by atoms with E-state index in [1.807, 2.05) is 0 Å². The van der Waals surface area contributed by atoms with Crippen molar-refractivity contribution in [2.75, 3.05) is 5.75 Å². The molecule has 7 heteroatoms. The van der Waals surface area contributed by atoms with Gasteiger partial charge in [0.05, 0.1) is 11.9 Å². The molecule has 0 radical (unpaired) electrons. The van der Waals surface area contributed by atoms with Gasteiger partial charge in [-0.05, 0) is 0 Å². The van der Waals surface area contributed by atoms with Crippen LogP contribution < -0.4 is 5.69 Å². The molecule has 0 saturated heterocycles. The fourth-order valence-electron chi connectivity index (χ4n) is 0.502. The summed E-state index contributed by atoms with van der Waals surface area (Å²) >= 11 is 0.950. The van der Waals surface area contributed by atoms with Crippen LogP contribution >= 0.6 is 11.8 Å². The fourth-order valence-corrected chi connectivity index (χ4v) is 1.05. The zero-order valence-electron chi connectivity index (χ0n) is 5.85. The third kappa shape index (κ3) is 2.70. The van der Waals surface area contributed by atoms with E-state index in [9.17, 15) is 9.59 Å². The summed E-state index contributed by atoms with van der Waals surface area (Å²) in [6.45, 7) is 0. The van der Waals surface area contributed by atoms with Gasteiger partial charge in [0.1, 0.15) is 5.03 Å². The quantitative estimate of drug-likeness (QED) is 0.610. The number of aromatic amines is 1. The Morgan fingerprint density at radius 2 is 2.50 bits per heavy atom. The molecule has 1 rings (SSSR count). The topological polar surface area (TPSA) is 95.9 Å². The Balaban J connectivity index is 2.64. The third-order valence-electron chi connectivity index (χ3n) is 0.890. The van der Waals surface area contributed by atoms with Gasteiger partial charge < -0.3 is 5.11 Å². The lowest BCUT2D eigenvalue weighted by Gasteiger charge is -1.93. The molecule has 0 aliphatic heterocycles. The number of aliphatic carboxylic acids is 1. The van der Waals surface area contributed by atoms with E-state index in [1.54, 1.807) is 0 Å². The van der Waals surface area contributed by atoms with Crippen molar-refractivity contribution in [1.82, 2.24) is 15.2 Å². The molecule has 0 spiro atoms. The molecule has 1 aromatic heterocycles. The van der Waals surface area contributed by atoms with E-state index in [0.717, 1.165) is 11.8 Å². The molecule has 0 unspecified atom stereocenters. The summed E-state index contributed by atoms with van der Waals surface area (Å²) in [5.74, 6) is -1.08. The van der Waals surface area contributed by atoms with E-state index < -0.39 is 11.7 Å². The van der Waals surface area contributed by atoms with E-state index in [2.05, 4.69) is 15.2 Å². The molecule has 0 amide bonds. The van der Waals surface area contributed by atoms with Gasteiger partial charge >= 0.3 is 11.7 Å². The first kappa shape index (κ1) is 8.72. The molecule has 64 valence electrons. The lowest BCUT2D eigenvalue weighted by Crippen LogP contribution is -2.12. The van der Waals surface area contributed by atoms with Gasteiger partial charge in [-0.3, -0.25) is 4.79 Å². The average Bonchev–Trinajstić information content (AvgIpc) is 2.01. The lowest BCUT2D eigenvalue weighted by atomic mass is 10.8. The molecule has 0 aliphatic rings. The first-order valence-electron chi connectivity index (χ1n) is 2.95. The normalized spacial score (nSPS) is 9.67. The second-order valence-electron chi connectivity index (χ2n) is 1.81. The Kier molecular flexibility index (Phi) is 2.81. The predicted molar refractivity (Wildman–Crippen MR) is 41.0 cm³/mol. The second-order valence-corrected chi connectivity index (χ2v) is 2.80. The van der Waals surface area contributed by atoms with Crippen LogP contribution in [0, 0.1) is 0 Å². The molecular weight excluding hydrogens is 182 g/mol. The van der Waals surface area contributed by atoms with Crippen molar-refractivity contribution in [2.24, 2.45) is 0 Å². The number of nitrogens with zero attached hydrogens (tertiary/aromatic N) is 2. The van der Waals surface area contributed by atoms with Crippen molar-refractivity contribution < 1.29 is 9.90 Å². The smallest absolute Gasteiger partial charge is 0.362 e. The highest BCUT2D eigenvalue weighted by Crippen LogP contribution is 2.10. The van der Waals surface area contributed by atoms with Crippen LogP contribution in [0.2, 0.25) is 0 Å². The fraction of sp³-hybridized carbons (Fsp3) is 0.200. The Morgan fingerprint density at radius 3 is 3.08 bits per heavy atom. The van der Waals surface area contributed by atoms with Crippen molar-refractivity contribution in [2.45, 2.75) is 5.03 Å². The zero-order chi connectivity index (χ0) is 8.97. The maximum Gasteiger partial charge on any atom is 0.362 e. The summed E-state index contributed by atoms with van der Waals surface area (Å²) in [7, 11) is 0. The first-order valence-corrected chi connectivity index (χ1v) is 3.93. The summed E-state index contributed by atoms with van der Waals surface area (Å²) in [4.78, 5) is 24.1. The minimum Gasteiger partial charge on any atom is -0.481 e. The van der Waals surface area contributed by atoms with Crippen LogP contribution in [0.4, 0.5) is 0 Å². The molecule has 1 aromatic rings. The maximum absolute atomic E-state index is 10.5. The Morgan fingerprint density at radius 1 is 1.75 bits per heavy atom. The number of nitrogens with one attached hydrogen (secondary N) is 1. The molecule has 0 bridgehead atoms. The standard InChI is InChI=1S/C5H5N3O3S/c9-4(10)2-12-3-1-6-8-5(11)7-3/h1H,2H2,(H,9,10)(H,7,8,11). The Hall–Kier alpha value is -1.37. The summed E-state index contributed by atoms with van der Waals surface area (Å²) < 4.78 is 0. The number of thioether (sulfide) groups is 1. The molecule has 0 fully saturated rings. The molecule has 0 atom stereocenters. The summed E-state index contributed by atoms with van der Waals surface area (Å²) in [6.07, 6.45) is 1.30. The van der Waals surface area contributed by atoms with E-state index >= 15 is 0 Å². The van der Waals surface area contributed by atoms with E-state index in [-0.39, 0.29) is 5.75 Å². The highest BCUT2D eigenvalue weighted by atomic mass is 32.2. The monoisotopic (exact) mass is 187 g/mol. The van der Waals surface area contributed by atoms with Gasteiger partial charge in [-0.1, -0.05) is 11.8 Å². The maximum atomic E-state index is 10.5. The Labute approximate surface area is 71.0 Å². The number of aromatic nitrogens is 3. The van der Waals surface area contributed by atoms with Crippen molar-refractivity contribution in [3.63, 3.8) is 0 Å². The highest BCUT2D eigenvalue weighted by Gasteiger charge is 2.00. The van der Waals surface area contributed by atoms with Crippen LogP contribution in [0.25, 0.3) is 0 Å². The van der Waals surface area contributed by atoms with Gasteiger partial charge in [0.2, 0.25) is 0 Å².